The molecule has 1 saturated carbocycles. The van der Waals surface area contributed by atoms with Crippen molar-refractivity contribution in [3.8, 4) is 0 Å². The van der Waals surface area contributed by atoms with E-state index in [1.807, 2.05) is 17.9 Å². The molecule has 0 bridgehead atoms. The van der Waals surface area contributed by atoms with Crippen LogP contribution in [0.25, 0.3) is 0 Å². The second-order valence-corrected chi connectivity index (χ2v) is 5.21. The third-order valence-corrected chi connectivity index (χ3v) is 3.99. The number of carbonyl (C=O) groups excluding carboxylic acids is 1. The van der Waals surface area contributed by atoms with Gasteiger partial charge < -0.3 is 4.90 Å². The van der Waals surface area contributed by atoms with E-state index in [-0.39, 0.29) is 11.7 Å². The highest BCUT2D eigenvalue weighted by atomic mass is 19.1. The maximum atomic E-state index is 13.5. The van der Waals surface area contributed by atoms with Crippen LogP contribution in [-0.2, 0) is 11.2 Å². The molecule has 0 radical (unpaired) electrons. The van der Waals surface area contributed by atoms with Crippen LogP contribution < -0.4 is 0 Å². The van der Waals surface area contributed by atoms with E-state index in [4.69, 9.17) is 0 Å². The first-order valence-corrected chi connectivity index (χ1v) is 7.25. The van der Waals surface area contributed by atoms with Gasteiger partial charge in [-0.1, -0.05) is 31.0 Å². The van der Waals surface area contributed by atoms with Crippen LogP contribution in [0.2, 0.25) is 0 Å². The highest BCUT2D eigenvalue weighted by Gasteiger charge is 2.24. The summed E-state index contributed by atoms with van der Waals surface area (Å²) in [6.07, 6.45) is 5.60. The van der Waals surface area contributed by atoms with Crippen LogP contribution in [0.3, 0.4) is 0 Å². The molecular weight excluding hydrogens is 241 g/mol. The van der Waals surface area contributed by atoms with Crippen LogP contribution in [0.1, 0.15) is 44.6 Å². The van der Waals surface area contributed by atoms with Crippen molar-refractivity contribution in [2.75, 3.05) is 6.54 Å². The predicted molar refractivity (Wildman–Crippen MR) is 74.4 cm³/mol. The Morgan fingerprint density at radius 1 is 1.32 bits per heavy atom. The molecular formula is C16H22FNO. The third kappa shape index (κ3) is 3.55. The number of hydrogen-bond acceptors (Lipinski definition) is 1. The summed E-state index contributed by atoms with van der Waals surface area (Å²) in [5.41, 5.74) is 0.637. The maximum absolute atomic E-state index is 13.5. The molecule has 0 spiro atoms. The molecule has 0 heterocycles. The molecule has 0 atom stereocenters. The molecule has 1 amide bonds. The van der Waals surface area contributed by atoms with E-state index in [1.165, 1.54) is 18.9 Å². The molecule has 0 unspecified atom stereocenters. The zero-order valence-electron chi connectivity index (χ0n) is 11.6. The summed E-state index contributed by atoms with van der Waals surface area (Å²) in [5.74, 6) is -0.0446. The first kappa shape index (κ1) is 14.0. The molecule has 1 aromatic carbocycles. The number of nitrogens with zero attached hydrogens (tertiary/aromatic N) is 1. The average Bonchev–Trinajstić information content (AvgIpc) is 2.92. The number of hydrogen-bond donors (Lipinski definition) is 0. The summed E-state index contributed by atoms with van der Waals surface area (Å²) in [6, 6.07) is 7.12. The average molecular weight is 263 g/mol. The van der Waals surface area contributed by atoms with Crippen LogP contribution in [0.4, 0.5) is 4.39 Å². The number of aryl methyl sites for hydroxylation is 1. The van der Waals surface area contributed by atoms with Gasteiger partial charge in [0, 0.05) is 19.0 Å². The summed E-state index contributed by atoms with van der Waals surface area (Å²) >= 11 is 0. The van der Waals surface area contributed by atoms with Crippen LogP contribution in [-0.4, -0.2) is 23.4 Å². The third-order valence-electron chi connectivity index (χ3n) is 3.99. The summed E-state index contributed by atoms with van der Waals surface area (Å²) in [4.78, 5) is 14.2. The summed E-state index contributed by atoms with van der Waals surface area (Å²) in [6.45, 7) is 2.79. The van der Waals surface area contributed by atoms with Gasteiger partial charge in [-0.15, -0.1) is 0 Å². The van der Waals surface area contributed by atoms with Gasteiger partial charge in [0.25, 0.3) is 0 Å². The Kier molecular flexibility index (Phi) is 4.94. The fraction of sp³-hybridized carbons (Fsp3) is 0.562. The Morgan fingerprint density at radius 3 is 2.63 bits per heavy atom. The summed E-state index contributed by atoms with van der Waals surface area (Å²) < 4.78 is 13.5. The molecule has 0 N–H and O–H groups in total. The monoisotopic (exact) mass is 263 g/mol. The molecule has 19 heavy (non-hydrogen) atoms. The van der Waals surface area contributed by atoms with Gasteiger partial charge in [-0.25, -0.2) is 4.39 Å². The Hall–Kier alpha value is -1.38. The van der Waals surface area contributed by atoms with E-state index in [9.17, 15) is 9.18 Å². The standard InChI is InChI=1S/C16H22FNO/c1-2-18(14-8-4-5-9-14)16(19)12-11-13-7-3-6-10-15(13)17/h3,6-7,10,14H,2,4-5,8-9,11-12H2,1H3. The van der Waals surface area contributed by atoms with Crippen molar-refractivity contribution in [3.05, 3.63) is 35.6 Å². The first-order valence-electron chi connectivity index (χ1n) is 7.25. The Labute approximate surface area is 114 Å². The van der Waals surface area contributed by atoms with Crippen molar-refractivity contribution in [1.29, 1.82) is 0 Å². The number of carbonyl (C=O) groups is 1. The van der Waals surface area contributed by atoms with Gasteiger partial charge in [0.05, 0.1) is 0 Å². The summed E-state index contributed by atoms with van der Waals surface area (Å²) in [7, 11) is 0. The van der Waals surface area contributed by atoms with Crippen LogP contribution in [0, 0.1) is 5.82 Å². The van der Waals surface area contributed by atoms with Gasteiger partial charge in [-0.05, 0) is 37.8 Å². The lowest BCUT2D eigenvalue weighted by Gasteiger charge is -2.27. The van der Waals surface area contributed by atoms with Crippen molar-refractivity contribution in [1.82, 2.24) is 4.90 Å². The van der Waals surface area contributed by atoms with Crippen molar-refractivity contribution >= 4 is 5.91 Å². The van der Waals surface area contributed by atoms with Gasteiger partial charge in [-0.3, -0.25) is 4.79 Å². The Balaban J connectivity index is 1.91. The number of rotatable bonds is 5. The minimum Gasteiger partial charge on any atom is -0.340 e. The predicted octanol–water partition coefficient (Wildman–Crippen LogP) is 3.55. The molecule has 0 saturated heterocycles. The molecule has 0 aliphatic heterocycles. The maximum Gasteiger partial charge on any atom is 0.223 e. The normalized spacial score (nSPS) is 15.7. The molecule has 1 aromatic rings. The molecule has 1 fully saturated rings. The van der Waals surface area contributed by atoms with E-state index >= 15 is 0 Å². The van der Waals surface area contributed by atoms with Gasteiger partial charge >= 0.3 is 0 Å². The van der Waals surface area contributed by atoms with Crippen LogP contribution in [0.15, 0.2) is 24.3 Å². The van der Waals surface area contributed by atoms with Crippen molar-refractivity contribution < 1.29 is 9.18 Å². The molecule has 0 aromatic heterocycles. The van der Waals surface area contributed by atoms with Crippen LogP contribution in [0.5, 0.6) is 0 Å². The minimum atomic E-state index is -0.209. The molecule has 1 aliphatic carbocycles. The lowest BCUT2D eigenvalue weighted by atomic mass is 10.1. The van der Waals surface area contributed by atoms with E-state index in [0.29, 0.717) is 24.4 Å². The van der Waals surface area contributed by atoms with Crippen molar-refractivity contribution in [2.45, 2.75) is 51.5 Å². The zero-order chi connectivity index (χ0) is 13.7. The second kappa shape index (κ2) is 6.69. The van der Waals surface area contributed by atoms with Crippen molar-refractivity contribution in [2.24, 2.45) is 0 Å². The van der Waals surface area contributed by atoms with E-state index < -0.39 is 0 Å². The van der Waals surface area contributed by atoms with Gasteiger partial charge in [-0.2, -0.15) is 0 Å². The first-order chi connectivity index (χ1) is 9.22. The zero-order valence-corrected chi connectivity index (χ0v) is 11.6. The minimum absolute atomic E-state index is 0.164. The number of amides is 1. The SMILES string of the molecule is CCN(C(=O)CCc1ccccc1F)C1CCCC1. The highest BCUT2D eigenvalue weighted by molar-refractivity contribution is 5.76. The fourth-order valence-electron chi connectivity index (χ4n) is 2.94. The highest BCUT2D eigenvalue weighted by Crippen LogP contribution is 2.24. The van der Waals surface area contributed by atoms with Gasteiger partial charge in [0.15, 0.2) is 0 Å². The largest absolute Gasteiger partial charge is 0.340 e. The Morgan fingerprint density at radius 2 is 2.00 bits per heavy atom. The molecule has 2 rings (SSSR count). The summed E-state index contributed by atoms with van der Waals surface area (Å²) in [5, 5.41) is 0. The topological polar surface area (TPSA) is 20.3 Å². The van der Waals surface area contributed by atoms with Gasteiger partial charge in [0.2, 0.25) is 5.91 Å². The van der Waals surface area contributed by atoms with Crippen LogP contribution >= 0.6 is 0 Å². The van der Waals surface area contributed by atoms with E-state index in [1.54, 1.807) is 12.1 Å². The lowest BCUT2D eigenvalue weighted by Crippen LogP contribution is -2.38. The lowest BCUT2D eigenvalue weighted by molar-refractivity contribution is -0.133. The number of halogens is 1. The molecule has 2 nitrogen and oxygen atoms in total. The molecule has 104 valence electrons. The fourth-order valence-corrected chi connectivity index (χ4v) is 2.94. The quantitative estimate of drug-likeness (QED) is 0.795. The van der Waals surface area contributed by atoms with E-state index in [2.05, 4.69) is 0 Å². The molecule has 1 aliphatic rings. The second-order valence-electron chi connectivity index (χ2n) is 5.21. The van der Waals surface area contributed by atoms with E-state index in [0.717, 1.165) is 19.4 Å². The van der Waals surface area contributed by atoms with Crippen molar-refractivity contribution in [3.63, 3.8) is 0 Å². The van der Waals surface area contributed by atoms with Gasteiger partial charge in [0.1, 0.15) is 5.82 Å². The Bertz CT molecular complexity index is 427. The number of benzene rings is 1. The molecule has 3 heteroatoms. The smallest absolute Gasteiger partial charge is 0.223 e.